The molecule has 0 amide bonds. The Morgan fingerprint density at radius 1 is 2.00 bits per heavy atom. The van der Waals surface area contributed by atoms with E-state index in [-0.39, 0.29) is 0 Å². The Morgan fingerprint density at radius 3 is 2.83 bits per heavy atom. The van der Waals surface area contributed by atoms with E-state index in [0.29, 0.717) is 13.2 Å². The summed E-state index contributed by atoms with van der Waals surface area (Å²) in [6.45, 7) is 2.85. The first-order valence-corrected chi connectivity index (χ1v) is 2.35. The third-order valence-electron chi connectivity index (χ3n) is 0.385. The Labute approximate surface area is 44.7 Å². The lowest BCUT2D eigenvalue weighted by Gasteiger charge is -1.90. The lowest BCUT2D eigenvalue weighted by Crippen LogP contribution is -1.92. The van der Waals surface area contributed by atoms with Crippen molar-refractivity contribution in [3.63, 3.8) is 0 Å². The molecule has 0 radical (unpaired) electrons. The van der Waals surface area contributed by atoms with Crippen LogP contribution in [-0.2, 0) is 4.74 Å². The van der Waals surface area contributed by atoms with E-state index in [4.69, 9.17) is 17.7 Å². The topological polar surface area (TPSA) is 9.23 Å². The zero-order valence-corrected chi connectivity index (χ0v) is 4.53. The molecule has 0 bridgehead atoms. The summed E-state index contributed by atoms with van der Waals surface area (Å²) in [5, 5.41) is 0. The summed E-state index contributed by atoms with van der Waals surface area (Å²) in [6, 6.07) is 0. The zero-order chi connectivity index (χ0) is 5.70. The van der Waals surface area contributed by atoms with Crippen LogP contribution in [0.25, 0.3) is 0 Å². The molecule has 6 heavy (non-hydrogen) atoms. The number of hydrogen-bond donors (Lipinski definition) is 0. The van der Waals surface area contributed by atoms with Gasteiger partial charge in [0, 0.05) is 13.8 Å². The Hall–Kier alpha value is 0.250. The van der Waals surface area contributed by atoms with Crippen LogP contribution in [0.3, 0.4) is 0 Å². The Bertz CT molecular complexity index is 40.7. The number of ether oxygens (including phenoxy) is 1. The van der Waals surface area contributed by atoms with Gasteiger partial charge in [-0.3, -0.25) is 0 Å². The van der Waals surface area contributed by atoms with Gasteiger partial charge in [0.2, 0.25) is 0 Å². The lowest BCUT2D eigenvalue weighted by atomic mass is 10.8. The summed E-state index contributed by atoms with van der Waals surface area (Å²) in [4.78, 5) is 0. The van der Waals surface area contributed by atoms with Crippen molar-refractivity contribution < 1.29 is 6.11 Å². The second-order valence-electron chi connectivity index (χ2n) is 0.814. The number of halogens is 1. The second kappa shape index (κ2) is 5.25. The van der Waals surface area contributed by atoms with Crippen LogP contribution in [0.4, 0.5) is 0 Å². The van der Waals surface area contributed by atoms with Crippen molar-refractivity contribution in [1.82, 2.24) is 0 Å². The summed E-state index contributed by atoms with van der Waals surface area (Å²) in [7, 11) is 0. The van der Waals surface area contributed by atoms with E-state index in [1.54, 1.807) is 0 Å². The summed E-state index contributed by atoms with van der Waals surface area (Å²) >= 11 is 5.20. The first kappa shape index (κ1) is 4.41. The molecule has 0 heterocycles. The smallest absolute Gasteiger partial charge is 0.0601 e. The molecule has 2 heteroatoms. The molecular weight excluding hydrogens is 99.5 g/mol. The summed E-state index contributed by atoms with van der Waals surface area (Å²) in [5.74, 6) is -0.597. The van der Waals surface area contributed by atoms with Crippen LogP contribution in [0.1, 0.15) is 8.29 Å². The van der Waals surface area contributed by atoms with Gasteiger partial charge in [-0.1, -0.05) is 0 Å². The highest BCUT2D eigenvalue weighted by atomic mass is 35.5. The molecule has 0 aliphatic heterocycles. The lowest BCUT2D eigenvalue weighted by molar-refractivity contribution is 0.164. The predicted molar refractivity (Wildman–Crippen MR) is 27.2 cm³/mol. The summed E-state index contributed by atoms with van der Waals surface area (Å²) < 4.78 is 11.5. The van der Waals surface area contributed by atoms with E-state index in [2.05, 4.69) is 0 Å². The quantitative estimate of drug-likeness (QED) is 0.496. The minimum Gasteiger partial charge on any atom is -0.381 e. The van der Waals surface area contributed by atoms with Crippen LogP contribution in [0.5, 0.6) is 0 Å². The molecule has 0 aromatic carbocycles. The fourth-order valence-electron chi connectivity index (χ4n) is 0.162. The van der Waals surface area contributed by atoms with Crippen molar-refractivity contribution in [2.75, 3.05) is 19.1 Å². The van der Waals surface area contributed by atoms with Gasteiger partial charge >= 0.3 is 0 Å². The van der Waals surface area contributed by atoms with Gasteiger partial charge in [-0.2, -0.15) is 0 Å². The monoisotopic (exact) mass is 109 g/mol. The maximum Gasteiger partial charge on any atom is 0.0601 e. The molecule has 0 aliphatic carbocycles. The van der Waals surface area contributed by atoms with Gasteiger partial charge in [0.05, 0.1) is 6.61 Å². The molecule has 0 rings (SSSR count). The Morgan fingerprint density at radius 2 is 2.67 bits per heavy atom. The third kappa shape index (κ3) is 4.25. The summed E-state index contributed by atoms with van der Waals surface area (Å²) in [6.07, 6.45) is 0. The van der Waals surface area contributed by atoms with Crippen molar-refractivity contribution in [3.05, 3.63) is 0 Å². The van der Waals surface area contributed by atoms with Crippen LogP contribution in [0.15, 0.2) is 0 Å². The molecule has 38 valence electrons. The first-order chi connectivity index (χ1) is 3.27. The van der Waals surface area contributed by atoms with E-state index in [1.165, 1.54) is 0 Å². The first-order valence-electron chi connectivity index (χ1n) is 2.49. The SMILES string of the molecule is [2H]C(Cl)COCC. The third-order valence-corrected chi connectivity index (χ3v) is 0.511. The molecule has 0 saturated carbocycles. The van der Waals surface area contributed by atoms with E-state index < -0.39 is 5.86 Å². The highest BCUT2D eigenvalue weighted by molar-refractivity contribution is 6.17. The Balaban J connectivity index is 2.68. The van der Waals surface area contributed by atoms with Gasteiger partial charge in [-0.15, -0.1) is 11.6 Å². The molecular formula is C4H9ClO. The second-order valence-corrected chi connectivity index (χ2v) is 1.12. The molecule has 0 spiro atoms. The number of hydrogen-bond acceptors (Lipinski definition) is 1. The number of rotatable bonds is 3. The van der Waals surface area contributed by atoms with E-state index in [9.17, 15) is 0 Å². The molecule has 1 nitrogen and oxygen atoms in total. The molecule has 1 atom stereocenters. The van der Waals surface area contributed by atoms with Crippen LogP contribution in [-0.4, -0.2) is 19.1 Å². The highest BCUT2D eigenvalue weighted by Crippen LogP contribution is 1.75. The standard InChI is InChI=1S/C4H9ClO/c1-2-6-4-3-5/h2-4H2,1H3/i3D. The van der Waals surface area contributed by atoms with Crippen molar-refractivity contribution in [3.8, 4) is 0 Å². The summed E-state index contributed by atoms with van der Waals surface area (Å²) in [5.41, 5.74) is 0. The predicted octanol–water partition coefficient (Wildman–Crippen LogP) is 1.26. The molecule has 0 saturated heterocycles. The molecule has 0 aromatic heterocycles. The van der Waals surface area contributed by atoms with Crippen molar-refractivity contribution in [1.29, 1.82) is 0 Å². The van der Waals surface area contributed by atoms with E-state index >= 15 is 0 Å². The van der Waals surface area contributed by atoms with Gasteiger partial charge < -0.3 is 4.74 Å². The maximum atomic E-state index is 6.72. The van der Waals surface area contributed by atoms with Crippen LogP contribution < -0.4 is 0 Å². The number of alkyl halides is 1. The van der Waals surface area contributed by atoms with Crippen molar-refractivity contribution in [2.45, 2.75) is 6.92 Å². The zero-order valence-electron chi connectivity index (χ0n) is 4.78. The largest absolute Gasteiger partial charge is 0.381 e. The van der Waals surface area contributed by atoms with Gasteiger partial charge in [0.25, 0.3) is 0 Å². The van der Waals surface area contributed by atoms with Gasteiger partial charge in [0.15, 0.2) is 0 Å². The minimum atomic E-state index is -0.597. The van der Waals surface area contributed by atoms with E-state index in [1.807, 2.05) is 6.92 Å². The Kier molecular flexibility index (Phi) is 3.86. The van der Waals surface area contributed by atoms with Crippen LogP contribution in [0, 0.1) is 0 Å². The highest BCUT2D eigenvalue weighted by Gasteiger charge is 1.74. The molecule has 0 aliphatic rings. The molecule has 0 fully saturated rings. The van der Waals surface area contributed by atoms with E-state index in [0.717, 1.165) is 0 Å². The molecule has 0 aromatic rings. The van der Waals surface area contributed by atoms with Gasteiger partial charge in [-0.25, -0.2) is 0 Å². The molecule has 1 unspecified atom stereocenters. The normalized spacial score (nSPS) is 16.7. The average molecular weight is 110 g/mol. The van der Waals surface area contributed by atoms with Crippen LogP contribution in [0.2, 0.25) is 0 Å². The minimum absolute atomic E-state index is 0.331. The van der Waals surface area contributed by atoms with Crippen LogP contribution >= 0.6 is 11.6 Å². The fourth-order valence-corrected chi connectivity index (χ4v) is 0.251. The van der Waals surface area contributed by atoms with Gasteiger partial charge in [-0.05, 0) is 6.92 Å². The van der Waals surface area contributed by atoms with Gasteiger partial charge in [0.1, 0.15) is 0 Å². The molecule has 0 N–H and O–H groups in total. The van der Waals surface area contributed by atoms with Crippen molar-refractivity contribution >= 4 is 11.6 Å². The van der Waals surface area contributed by atoms with Crippen molar-refractivity contribution in [2.24, 2.45) is 0 Å². The average Bonchev–Trinajstić information content (AvgIpc) is 1.61. The fraction of sp³-hybridized carbons (Fsp3) is 1.00. The maximum absolute atomic E-state index is 6.72.